The minimum atomic E-state index is -2.82. The SMILES string of the molecule is CC(C)C(O[Si](c1ccccc1)(c1ccccc1)C(C)(C)C)C(=O)O. The maximum Gasteiger partial charge on any atom is 0.331 e. The first-order valence-electron chi connectivity index (χ1n) is 8.72. The maximum atomic E-state index is 11.9. The molecule has 0 heterocycles. The summed E-state index contributed by atoms with van der Waals surface area (Å²) in [6, 6.07) is 20.3. The number of aliphatic carboxylic acids is 1. The molecule has 3 nitrogen and oxygen atoms in total. The first-order chi connectivity index (χ1) is 11.7. The van der Waals surface area contributed by atoms with Gasteiger partial charge in [-0.3, -0.25) is 0 Å². The highest BCUT2D eigenvalue weighted by Crippen LogP contribution is 2.38. The van der Waals surface area contributed by atoms with Crippen LogP contribution in [0.4, 0.5) is 0 Å². The van der Waals surface area contributed by atoms with E-state index in [1.165, 1.54) is 0 Å². The summed E-state index contributed by atoms with van der Waals surface area (Å²) >= 11 is 0. The van der Waals surface area contributed by atoms with Gasteiger partial charge in [-0.05, 0) is 21.3 Å². The van der Waals surface area contributed by atoms with Gasteiger partial charge in [0, 0.05) is 0 Å². The highest BCUT2D eigenvalue weighted by molar-refractivity contribution is 6.99. The quantitative estimate of drug-likeness (QED) is 0.803. The van der Waals surface area contributed by atoms with E-state index >= 15 is 0 Å². The van der Waals surface area contributed by atoms with Gasteiger partial charge < -0.3 is 9.53 Å². The molecule has 1 atom stereocenters. The first-order valence-corrected chi connectivity index (χ1v) is 10.6. The standard InChI is InChI=1S/C21H28O3Si/c1-16(2)19(20(22)23)24-25(21(3,4)5,17-12-8-6-9-13-17)18-14-10-7-11-15-18/h6-16,19H,1-5H3,(H,22,23). The molecule has 2 aromatic rings. The van der Waals surface area contributed by atoms with Crippen molar-refractivity contribution in [3.63, 3.8) is 0 Å². The summed E-state index contributed by atoms with van der Waals surface area (Å²) in [4.78, 5) is 11.9. The number of carbonyl (C=O) groups is 1. The molecule has 0 aliphatic heterocycles. The number of carboxylic acids is 1. The summed E-state index contributed by atoms with van der Waals surface area (Å²) in [5, 5.41) is 11.7. The van der Waals surface area contributed by atoms with E-state index in [9.17, 15) is 9.90 Å². The van der Waals surface area contributed by atoms with Crippen molar-refractivity contribution in [2.24, 2.45) is 5.92 Å². The van der Waals surface area contributed by atoms with Crippen LogP contribution in [0.15, 0.2) is 60.7 Å². The highest BCUT2D eigenvalue weighted by Gasteiger charge is 2.52. The second-order valence-corrected chi connectivity index (χ2v) is 12.0. The lowest BCUT2D eigenvalue weighted by Gasteiger charge is -2.45. The van der Waals surface area contributed by atoms with Gasteiger partial charge in [0.25, 0.3) is 8.32 Å². The summed E-state index contributed by atoms with van der Waals surface area (Å²) < 4.78 is 6.64. The lowest BCUT2D eigenvalue weighted by Crippen LogP contribution is -2.68. The monoisotopic (exact) mass is 356 g/mol. The Morgan fingerprint density at radius 2 is 1.32 bits per heavy atom. The number of carboxylic acid groups (broad SMARTS) is 1. The Kier molecular flexibility index (Phi) is 5.86. The average molecular weight is 357 g/mol. The van der Waals surface area contributed by atoms with Crippen LogP contribution in [0.3, 0.4) is 0 Å². The third-order valence-electron chi connectivity index (χ3n) is 4.57. The Morgan fingerprint density at radius 1 is 0.920 bits per heavy atom. The molecule has 0 amide bonds. The van der Waals surface area contributed by atoms with Gasteiger partial charge in [0.2, 0.25) is 0 Å². The molecule has 134 valence electrons. The Labute approximate surface area is 151 Å². The van der Waals surface area contributed by atoms with Crippen molar-refractivity contribution in [2.75, 3.05) is 0 Å². The third-order valence-corrected chi connectivity index (χ3v) is 9.58. The highest BCUT2D eigenvalue weighted by atomic mass is 28.4. The van der Waals surface area contributed by atoms with Crippen LogP contribution >= 0.6 is 0 Å². The predicted octanol–water partition coefficient (Wildman–Crippen LogP) is 3.67. The van der Waals surface area contributed by atoms with Gasteiger partial charge in [0.15, 0.2) is 0 Å². The van der Waals surface area contributed by atoms with Crippen LogP contribution in [-0.4, -0.2) is 25.5 Å². The van der Waals surface area contributed by atoms with E-state index in [2.05, 4.69) is 45.0 Å². The summed E-state index contributed by atoms with van der Waals surface area (Å²) in [6.45, 7) is 10.3. The van der Waals surface area contributed by atoms with E-state index in [1.807, 2.05) is 50.2 Å². The van der Waals surface area contributed by atoms with Crippen molar-refractivity contribution in [1.82, 2.24) is 0 Å². The molecule has 25 heavy (non-hydrogen) atoms. The predicted molar refractivity (Wildman–Crippen MR) is 105 cm³/mol. The van der Waals surface area contributed by atoms with E-state index in [4.69, 9.17) is 4.43 Å². The third kappa shape index (κ3) is 3.85. The van der Waals surface area contributed by atoms with Crippen molar-refractivity contribution in [2.45, 2.75) is 45.8 Å². The van der Waals surface area contributed by atoms with Crippen LogP contribution in [0.5, 0.6) is 0 Å². The molecule has 2 rings (SSSR count). The van der Waals surface area contributed by atoms with Gasteiger partial charge in [-0.25, -0.2) is 4.79 Å². The lowest BCUT2D eigenvalue weighted by atomic mass is 10.1. The van der Waals surface area contributed by atoms with Crippen molar-refractivity contribution in [3.8, 4) is 0 Å². The average Bonchev–Trinajstić information content (AvgIpc) is 2.55. The lowest BCUT2D eigenvalue weighted by molar-refractivity contribution is -0.147. The molecular weight excluding hydrogens is 328 g/mol. The van der Waals surface area contributed by atoms with E-state index in [0.29, 0.717) is 0 Å². The smallest absolute Gasteiger partial charge is 0.331 e. The number of rotatable bonds is 6. The normalized spacial score (nSPS) is 13.7. The van der Waals surface area contributed by atoms with Crippen molar-refractivity contribution < 1.29 is 14.3 Å². The molecule has 0 aliphatic rings. The number of benzene rings is 2. The zero-order valence-electron chi connectivity index (χ0n) is 15.7. The fourth-order valence-corrected chi connectivity index (χ4v) is 8.12. The molecule has 4 heteroatoms. The van der Waals surface area contributed by atoms with Crippen LogP contribution < -0.4 is 10.4 Å². The van der Waals surface area contributed by atoms with Gasteiger partial charge in [0.05, 0.1) is 0 Å². The molecule has 0 aliphatic carbocycles. The van der Waals surface area contributed by atoms with E-state index in [1.54, 1.807) is 0 Å². The minimum Gasteiger partial charge on any atom is -0.479 e. The van der Waals surface area contributed by atoms with Crippen LogP contribution in [0.25, 0.3) is 0 Å². The van der Waals surface area contributed by atoms with Crippen molar-refractivity contribution in [3.05, 3.63) is 60.7 Å². The van der Waals surface area contributed by atoms with Gasteiger partial charge in [-0.15, -0.1) is 0 Å². The molecular formula is C21H28O3Si. The summed E-state index contributed by atoms with van der Waals surface area (Å²) in [6.07, 6.45) is -0.841. The molecule has 0 bridgehead atoms. The molecule has 1 unspecified atom stereocenters. The van der Waals surface area contributed by atoms with E-state index in [0.717, 1.165) is 10.4 Å². The van der Waals surface area contributed by atoms with Gasteiger partial charge in [0.1, 0.15) is 6.10 Å². The van der Waals surface area contributed by atoms with Crippen LogP contribution in [-0.2, 0) is 9.22 Å². The minimum absolute atomic E-state index is 0.112. The summed E-state index contributed by atoms with van der Waals surface area (Å²) in [7, 11) is -2.82. The van der Waals surface area contributed by atoms with Crippen LogP contribution in [0, 0.1) is 5.92 Å². The summed E-state index contributed by atoms with van der Waals surface area (Å²) in [5.41, 5.74) is 0. The zero-order chi connectivity index (χ0) is 18.7. The maximum absolute atomic E-state index is 11.9. The number of hydrogen-bond donors (Lipinski definition) is 1. The Morgan fingerprint density at radius 3 is 1.60 bits per heavy atom. The fourth-order valence-electron chi connectivity index (χ4n) is 3.35. The van der Waals surface area contributed by atoms with Crippen molar-refractivity contribution >= 4 is 24.7 Å². The molecule has 0 radical (unpaired) electrons. The second kappa shape index (κ2) is 7.54. The van der Waals surface area contributed by atoms with Crippen molar-refractivity contribution in [1.29, 1.82) is 0 Å². The number of hydrogen-bond acceptors (Lipinski definition) is 2. The largest absolute Gasteiger partial charge is 0.479 e. The van der Waals surface area contributed by atoms with Crippen LogP contribution in [0.2, 0.25) is 5.04 Å². The second-order valence-electron chi connectivity index (χ2n) is 7.78. The van der Waals surface area contributed by atoms with E-state index in [-0.39, 0.29) is 11.0 Å². The molecule has 2 aromatic carbocycles. The van der Waals surface area contributed by atoms with Crippen LogP contribution in [0.1, 0.15) is 34.6 Å². The summed E-state index contributed by atoms with van der Waals surface area (Å²) in [5.74, 6) is -1.01. The molecule has 0 aromatic heterocycles. The fraction of sp³-hybridized carbons (Fsp3) is 0.381. The Bertz CT molecular complexity index is 651. The van der Waals surface area contributed by atoms with Gasteiger partial charge in [-0.2, -0.15) is 0 Å². The first kappa shape index (κ1) is 19.4. The Hall–Kier alpha value is -1.91. The zero-order valence-corrected chi connectivity index (χ0v) is 16.7. The molecule has 1 N–H and O–H groups in total. The van der Waals surface area contributed by atoms with Gasteiger partial charge in [-0.1, -0.05) is 95.3 Å². The molecule has 0 fully saturated rings. The molecule has 0 saturated heterocycles. The molecule has 0 spiro atoms. The topological polar surface area (TPSA) is 46.5 Å². The van der Waals surface area contributed by atoms with E-state index < -0.39 is 20.4 Å². The molecule has 0 saturated carbocycles. The van der Waals surface area contributed by atoms with Gasteiger partial charge >= 0.3 is 5.97 Å². The Balaban J connectivity index is 2.75.